The topological polar surface area (TPSA) is 76.0 Å². The van der Waals surface area contributed by atoms with Crippen molar-refractivity contribution >= 4 is 34.9 Å². The van der Waals surface area contributed by atoms with E-state index in [1.54, 1.807) is 31.2 Å². The van der Waals surface area contributed by atoms with Crippen LogP contribution in [0.2, 0.25) is 5.02 Å². The number of nitrogens with one attached hydrogen (secondary N) is 2. The summed E-state index contributed by atoms with van der Waals surface area (Å²) in [6.07, 6.45) is -4.89. The van der Waals surface area contributed by atoms with Crippen molar-refractivity contribution in [2.24, 2.45) is 0 Å². The molecule has 0 spiro atoms. The van der Waals surface area contributed by atoms with E-state index in [9.17, 15) is 22.8 Å². The molecule has 1 unspecified atom stereocenters. The summed E-state index contributed by atoms with van der Waals surface area (Å²) in [6.45, 7) is 1.74. The highest BCUT2D eigenvalue weighted by molar-refractivity contribution is 6.30. The number of benzene rings is 2. The number of aromatic nitrogens is 2. The second kappa shape index (κ2) is 7.73. The van der Waals surface area contributed by atoms with Crippen LogP contribution in [0.4, 0.5) is 24.7 Å². The SMILES string of the molecule is Cc1c(-c2ccc(Cl)cc2)nn2c1NC(=O)CC2C(=O)Nc1ccccc1C(F)(F)F. The Kier molecular flexibility index (Phi) is 5.22. The lowest BCUT2D eigenvalue weighted by atomic mass is 10.1. The smallest absolute Gasteiger partial charge is 0.324 e. The molecular formula is C21H16ClF3N4O2. The largest absolute Gasteiger partial charge is 0.418 e. The molecule has 1 atom stereocenters. The fraction of sp³-hybridized carbons (Fsp3) is 0.190. The lowest BCUT2D eigenvalue weighted by Crippen LogP contribution is -2.36. The summed E-state index contributed by atoms with van der Waals surface area (Å²) in [5, 5.41) is 10.0. The van der Waals surface area contributed by atoms with Crippen LogP contribution in [0, 0.1) is 6.92 Å². The number of halogens is 4. The van der Waals surface area contributed by atoms with E-state index in [2.05, 4.69) is 15.7 Å². The number of carbonyl (C=O) groups excluding carboxylic acids is 2. The Morgan fingerprint density at radius 2 is 1.87 bits per heavy atom. The fourth-order valence-corrected chi connectivity index (χ4v) is 3.61. The van der Waals surface area contributed by atoms with Crippen molar-refractivity contribution in [1.82, 2.24) is 9.78 Å². The van der Waals surface area contributed by atoms with Gasteiger partial charge in [-0.1, -0.05) is 35.9 Å². The molecule has 1 aliphatic rings. The zero-order valence-electron chi connectivity index (χ0n) is 16.1. The number of hydrogen-bond acceptors (Lipinski definition) is 3. The number of rotatable bonds is 3. The molecule has 4 rings (SSSR count). The van der Waals surface area contributed by atoms with Crippen LogP contribution in [0.3, 0.4) is 0 Å². The van der Waals surface area contributed by atoms with Crippen LogP contribution in [0.5, 0.6) is 0 Å². The fourth-order valence-electron chi connectivity index (χ4n) is 3.48. The van der Waals surface area contributed by atoms with E-state index < -0.39 is 29.6 Å². The number of para-hydroxylation sites is 1. The van der Waals surface area contributed by atoms with E-state index in [-0.39, 0.29) is 12.1 Å². The summed E-state index contributed by atoms with van der Waals surface area (Å²) in [5.41, 5.74) is 0.530. The van der Waals surface area contributed by atoms with E-state index >= 15 is 0 Å². The summed E-state index contributed by atoms with van der Waals surface area (Å²) >= 11 is 5.93. The first-order chi connectivity index (χ1) is 14.6. The molecule has 160 valence electrons. The Morgan fingerprint density at radius 1 is 1.19 bits per heavy atom. The van der Waals surface area contributed by atoms with Crippen molar-refractivity contribution in [2.45, 2.75) is 25.6 Å². The highest BCUT2D eigenvalue weighted by atomic mass is 35.5. The number of hydrogen-bond donors (Lipinski definition) is 2. The quantitative estimate of drug-likeness (QED) is 0.588. The standard InChI is InChI=1S/C21H16ClF3N4O2/c1-11-18(12-6-8-13(22)9-7-12)28-29-16(10-17(30)27-19(11)29)20(31)26-15-5-3-2-4-14(15)21(23,24)25/h2-9,16H,10H2,1H3,(H,26,31)(H,27,30). The normalized spacial score (nSPS) is 15.9. The first-order valence-corrected chi connectivity index (χ1v) is 9.65. The molecule has 10 heteroatoms. The summed E-state index contributed by atoms with van der Waals surface area (Å²) in [5.74, 6) is -0.870. The molecule has 2 aromatic carbocycles. The molecule has 0 fully saturated rings. The van der Waals surface area contributed by atoms with Gasteiger partial charge in [0.15, 0.2) is 0 Å². The summed E-state index contributed by atoms with van der Waals surface area (Å²) in [6, 6.07) is 10.4. The molecule has 1 aromatic heterocycles. The van der Waals surface area contributed by atoms with Crippen molar-refractivity contribution in [2.75, 3.05) is 10.6 Å². The predicted octanol–water partition coefficient (Wildman–Crippen LogP) is 5.05. The zero-order valence-corrected chi connectivity index (χ0v) is 16.9. The van der Waals surface area contributed by atoms with E-state index in [1.165, 1.54) is 16.8 Å². The van der Waals surface area contributed by atoms with Crippen LogP contribution in [0.25, 0.3) is 11.3 Å². The average Bonchev–Trinajstić information content (AvgIpc) is 3.04. The Morgan fingerprint density at radius 3 is 2.55 bits per heavy atom. The first-order valence-electron chi connectivity index (χ1n) is 9.27. The minimum absolute atomic E-state index is 0.256. The monoisotopic (exact) mass is 448 g/mol. The van der Waals surface area contributed by atoms with Crippen molar-refractivity contribution < 1.29 is 22.8 Å². The predicted molar refractivity (Wildman–Crippen MR) is 110 cm³/mol. The van der Waals surface area contributed by atoms with E-state index in [0.717, 1.165) is 17.7 Å². The number of nitrogens with zero attached hydrogens (tertiary/aromatic N) is 2. The van der Waals surface area contributed by atoms with Crippen LogP contribution in [0.1, 0.15) is 23.6 Å². The van der Waals surface area contributed by atoms with Crippen molar-refractivity contribution in [3.8, 4) is 11.3 Å². The Bertz CT molecular complexity index is 1170. The second-order valence-electron chi connectivity index (χ2n) is 7.07. The van der Waals surface area contributed by atoms with E-state index in [4.69, 9.17) is 11.6 Å². The number of anilines is 2. The zero-order chi connectivity index (χ0) is 22.3. The van der Waals surface area contributed by atoms with Gasteiger partial charge in [-0.2, -0.15) is 18.3 Å². The number of fused-ring (bicyclic) bond motifs is 1. The molecule has 31 heavy (non-hydrogen) atoms. The molecule has 2 N–H and O–H groups in total. The molecule has 3 aromatic rings. The highest BCUT2D eigenvalue weighted by Gasteiger charge is 2.37. The van der Waals surface area contributed by atoms with Gasteiger partial charge in [-0.05, 0) is 31.2 Å². The molecule has 6 nitrogen and oxygen atoms in total. The van der Waals surface area contributed by atoms with Gasteiger partial charge >= 0.3 is 6.18 Å². The van der Waals surface area contributed by atoms with Crippen LogP contribution in [0.15, 0.2) is 48.5 Å². The van der Waals surface area contributed by atoms with Gasteiger partial charge in [0.2, 0.25) is 11.8 Å². The maximum absolute atomic E-state index is 13.3. The van der Waals surface area contributed by atoms with Crippen LogP contribution >= 0.6 is 11.6 Å². The van der Waals surface area contributed by atoms with Gasteiger partial charge in [0.25, 0.3) is 0 Å². The number of carbonyl (C=O) groups is 2. The van der Waals surface area contributed by atoms with Crippen LogP contribution < -0.4 is 10.6 Å². The van der Waals surface area contributed by atoms with Gasteiger partial charge in [-0.15, -0.1) is 0 Å². The molecule has 2 amide bonds. The number of amides is 2. The summed E-state index contributed by atoms with van der Waals surface area (Å²) < 4.78 is 41.2. The van der Waals surface area contributed by atoms with Crippen molar-refractivity contribution in [3.05, 3.63) is 64.7 Å². The van der Waals surface area contributed by atoms with Gasteiger partial charge in [0, 0.05) is 16.1 Å². The molecule has 2 heterocycles. The molecular weight excluding hydrogens is 433 g/mol. The Labute approximate surface area is 180 Å². The minimum Gasteiger partial charge on any atom is -0.324 e. The summed E-state index contributed by atoms with van der Waals surface area (Å²) in [4.78, 5) is 25.2. The van der Waals surface area contributed by atoms with Gasteiger partial charge in [0.1, 0.15) is 11.9 Å². The van der Waals surface area contributed by atoms with Gasteiger partial charge in [0.05, 0.1) is 23.4 Å². The van der Waals surface area contributed by atoms with Crippen molar-refractivity contribution in [1.29, 1.82) is 0 Å². The third-order valence-corrected chi connectivity index (χ3v) is 5.24. The van der Waals surface area contributed by atoms with E-state index in [1.807, 2.05) is 0 Å². The second-order valence-corrected chi connectivity index (χ2v) is 7.51. The maximum Gasteiger partial charge on any atom is 0.418 e. The van der Waals surface area contributed by atoms with Gasteiger partial charge in [-0.25, -0.2) is 4.68 Å². The van der Waals surface area contributed by atoms with Crippen molar-refractivity contribution in [3.63, 3.8) is 0 Å². The summed E-state index contributed by atoms with van der Waals surface area (Å²) in [7, 11) is 0. The minimum atomic E-state index is -4.64. The lowest BCUT2D eigenvalue weighted by Gasteiger charge is -2.24. The van der Waals surface area contributed by atoms with Crippen LogP contribution in [-0.2, 0) is 15.8 Å². The molecule has 0 radical (unpaired) electrons. The molecule has 0 saturated heterocycles. The van der Waals surface area contributed by atoms with Crippen LogP contribution in [-0.4, -0.2) is 21.6 Å². The third kappa shape index (κ3) is 4.00. The number of alkyl halides is 3. The van der Waals surface area contributed by atoms with E-state index in [0.29, 0.717) is 22.1 Å². The van der Waals surface area contributed by atoms with Gasteiger partial charge in [-0.3, -0.25) is 9.59 Å². The molecule has 1 aliphatic heterocycles. The average molecular weight is 449 g/mol. The Hall–Kier alpha value is -3.33. The molecule has 0 bridgehead atoms. The first kappa shape index (κ1) is 20.9. The molecule has 0 saturated carbocycles. The third-order valence-electron chi connectivity index (χ3n) is 4.99. The Balaban J connectivity index is 1.70. The highest BCUT2D eigenvalue weighted by Crippen LogP contribution is 2.37. The lowest BCUT2D eigenvalue weighted by molar-refractivity contribution is -0.137. The van der Waals surface area contributed by atoms with Gasteiger partial charge < -0.3 is 10.6 Å². The molecule has 0 aliphatic carbocycles. The maximum atomic E-state index is 13.3.